The zero-order valence-electron chi connectivity index (χ0n) is 25.1. The molecule has 0 aliphatic rings. The zero-order valence-corrected chi connectivity index (χ0v) is 27.4. The molecule has 0 radical (unpaired) electrons. The summed E-state index contributed by atoms with van der Waals surface area (Å²) in [6.07, 6.45) is 0. The van der Waals surface area contributed by atoms with E-state index in [2.05, 4.69) is 156 Å². The van der Waals surface area contributed by atoms with E-state index in [0.717, 1.165) is 48.8 Å². The molecule has 0 saturated heterocycles. The van der Waals surface area contributed by atoms with E-state index in [1.807, 2.05) is 0 Å². The standard InChI is InChI=1S/C39H31BrN2O.ClH/c1-22(2)30-19-26(40)20-31(23(3)4)37(30)42-35-15-8-7-14-34(35)41-39(42)29-13-9-12-28-33-18-25-17-16-24-10-5-6-11-27(24)32(25)21-36(33)43-38(28)29;/h5-23H,1-4H3;1H. The molecule has 6 aromatic carbocycles. The third-order valence-corrected chi connectivity index (χ3v) is 9.30. The molecule has 0 aliphatic carbocycles. The molecule has 0 bridgehead atoms. The van der Waals surface area contributed by atoms with Gasteiger partial charge in [0, 0.05) is 26.4 Å². The van der Waals surface area contributed by atoms with Crippen molar-refractivity contribution in [3.63, 3.8) is 0 Å². The van der Waals surface area contributed by atoms with Crippen LogP contribution in [0.4, 0.5) is 0 Å². The number of hydrogen-bond acceptors (Lipinski definition) is 1. The van der Waals surface area contributed by atoms with Crippen molar-refractivity contribution in [2.75, 3.05) is 0 Å². The Morgan fingerprint density at radius 2 is 1.34 bits per heavy atom. The van der Waals surface area contributed by atoms with E-state index < -0.39 is 0 Å². The first-order valence-corrected chi connectivity index (χ1v) is 15.8. The number of rotatable bonds is 4. The van der Waals surface area contributed by atoms with Gasteiger partial charge in [0.05, 0.1) is 0 Å². The van der Waals surface area contributed by atoms with Crippen LogP contribution >= 0.6 is 15.9 Å². The van der Waals surface area contributed by atoms with Gasteiger partial charge in [-0.05, 0) is 75.8 Å². The van der Waals surface area contributed by atoms with E-state index in [4.69, 9.17) is 4.42 Å². The second-order valence-corrected chi connectivity index (χ2v) is 13.1. The van der Waals surface area contributed by atoms with Crippen molar-refractivity contribution in [3.8, 4) is 17.1 Å². The van der Waals surface area contributed by atoms with Gasteiger partial charge < -0.3 is 16.8 Å². The summed E-state index contributed by atoms with van der Waals surface area (Å²) in [6, 6.07) is 37.2. The Morgan fingerprint density at radius 1 is 0.659 bits per heavy atom. The lowest BCUT2D eigenvalue weighted by molar-refractivity contribution is -0.556. The number of aromatic nitrogens is 2. The first-order chi connectivity index (χ1) is 20.9. The molecule has 2 aromatic heterocycles. The summed E-state index contributed by atoms with van der Waals surface area (Å²) < 4.78 is 10.4. The van der Waals surface area contributed by atoms with Gasteiger partial charge in [0.2, 0.25) is 0 Å². The minimum Gasteiger partial charge on any atom is -1.00 e. The Bertz CT molecular complexity index is 2350. The number of para-hydroxylation sites is 3. The van der Waals surface area contributed by atoms with Crippen molar-refractivity contribution in [2.24, 2.45) is 0 Å². The van der Waals surface area contributed by atoms with Crippen LogP contribution < -0.4 is 17.0 Å². The molecule has 0 amide bonds. The molecule has 5 heteroatoms. The first kappa shape index (κ1) is 28.6. The Kier molecular flexibility index (Phi) is 7.03. The largest absolute Gasteiger partial charge is 1.00 e. The number of H-pyrrole nitrogens is 1. The Labute approximate surface area is 271 Å². The van der Waals surface area contributed by atoms with Crippen molar-refractivity contribution >= 4 is 70.4 Å². The van der Waals surface area contributed by atoms with Crippen molar-refractivity contribution in [1.29, 1.82) is 0 Å². The molecule has 0 spiro atoms. The summed E-state index contributed by atoms with van der Waals surface area (Å²) in [5.74, 6) is 1.69. The predicted molar refractivity (Wildman–Crippen MR) is 183 cm³/mol. The molecule has 0 aliphatic heterocycles. The zero-order chi connectivity index (χ0) is 29.4. The maximum atomic E-state index is 6.82. The molecule has 44 heavy (non-hydrogen) atoms. The molecule has 8 rings (SSSR count). The van der Waals surface area contributed by atoms with Crippen molar-refractivity contribution in [2.45, 2.75) is 39.5 Å². The van der Waals surface area contributed by atoms with Crippen LogP contribution in [-0.4, -0.2) is 4.98 Å². The van der Waals surface area contributed by atoms with Gasteiger partial charge >= 0.3 is 0 Å². The van der Waals surface area contributed by atoms with Crippen LogP contribution in [0.3, 0.4) is 0 Å². The van der Waals surface area contributed by atoms with Gasteiger partial charge in [-0.1, -0.05) is 104 Å². The van der Waals surface area contributed by atoms with Gasteiger partial charge in [0.15, 0.2) is 16.6 Å². The van der Waals surface area contributed by atoms with E-state index in [1.165, 1.54) is 38.4 Å². The second-order valence-electron chi connectivity index (χ2n) is 12.2. The quantitative estimate of drug-likeness (QED) is 0.150. The third kappa shape index (κ3) is 4.35. The van der Waals surface area contributed by atoms with E-state index in [0.29, 0.717) is 11.8 Å². The summed E-state index contributed by atoms with van der Waals surface area (Å²) >= 11 is 3.81. The van der Waals surface area contributed by atoms with Crippen LogP contribution in [0.25, 0.3) is 71.6 Å². The second kappa shape index (κ2) is 10.8. The number of imidazole rings is 1. The number of benzene rings is 6. The van der Waals surface area contributed by atoms with E-state index in [1.54, 1.807) is 0 Å². The van der Waals surface area contributed by atoms with Crippen LogP contribution in [0.1, 0.15) is 50.7 Å². The molecule has 0 atom stereocenters. The summed E-state index contributed by atoms with van der Waals surface area (Å²) in [5, 5.41) is 7.17. The summed E-state index contributed by atoms with van der Waals surface area (Å²) in [4.78, 5) is 3.81. The van der Waals surface area contributed by atoms with Crippen LogP contribution in [0, 0.1) is 0 Å². The average molecular weight is 660 g/mol. The van der Waals surface area contributed by atoms with Crippen LogP contribution in [0.5, 0.6) is 0 Å². The van der Waals surface area contributed by atoms with Gasteiger partial charge in [0.25, 0.3) is 5.82 Å². The normalized spacial score (nSPS) is 12.0. The highest BCUT2D eigenvalue weighted by Crippen LogP contribution is 2.40. The lowest BCUT2D eigenvalue weighted by Gasteiger charge is -2.19. The fourth-order valence-corrected chi connectivity index (χ4v) is 7.26. The molecule has 0 unspecified atom stereocenters. The van der Waals surface area contributed by atoms with Crippen LogP contribution in [0.2, 0.25) is 0 Å². The molecule has 8 aromatic rings. The van der Waals surface area contributed by atoms with Crippen LogP contribution in [0.15, 0.2) is 112 Å². The summed E-state index contributed by atoms with van der Waals surface area (Å²) in [7, 11) is 0. The minimum absolute atomic E-state index is 0. The molecular formula is C39H32BrClN2O. The fraction of sp³-hybridized carbons (Fsp3) is 0.154. The van der Waals surface area contributed by atoms with Gasteiger partial charge in [-0.25, -0.2) is 4.98 Å². The van der Waals surface area contributed by atoms with Crippen molar-refractivity contribution in [1.82, 2.24) is 4.98 Å². The highest BCUT2D eigenvalue weighted by Gasteiger charge is 2.30. The van der Waals surface area contributed by atoms with Gasteiger partial charge in [-0.15, -0.1) is 0 Å². The average Bonchev–Trinajstić information content (AvgIpc) is 3.57. The van der Waals surface area contributed by atoms with E-state index in [9.17, 15) is 0 Å². The number of halogens is 2. The number of nitrogens with zero attached hydrogens (tertiary/aromatic N) is 1. The van der Waals surface area contributed by atoms with E-state index in [-0.39, 0.29) is 12.4 Å². The SMILES string of the molecule is CC(C)c1cc(Br)cc(C(C)C)c1-[n+]1c(-c2cccc3c2oc2cc4c(ccc5ccccc54)cc23)[nH]c2ccccc21.[Cl-]. The molecular weight excluding hydrogens is 628 g/mol. The molecule has 2 heterocycles. The summed E-state index contributed by atoms with van der Waals surface area (Å²) in [5.41, 5.74) is 8.95. The Morgan fingerprint density at radius 3 is 2.11 bits per heavy atom. The smallest absolute Gasteiger partial charge is 0.296 e. The molecule has 0 fully saturated rings. The van der Waals surface area contributed by atoms with Gasteiger partial charge in [0.1, 0.15) is 16.8 Å². The van der Waals surface area contributed by atoms with Crippen molar-refractivity contribution in [3.05, 3.63) is 119 Å². The van der Waals surface area contributed by atoms with Crippen molar-refractivity contribution < 1.29 is 21.4 Å². The lowest BCUT2D eigenvalue weighted by Crippen LogP contribution is -3.00. The monoisotopic (exact) mass is 658 g/mol. The number of hydrogen-bond donors (Lipinski definition) is 1. The highest BCUT2D eigenvalue weighted by molar-refractivity contribution is 9.10. The predicted octanol–water partition coefficient (Wildman–Crippen LogP) is 8.33. The Hall–Kier alpha value is -4.12. The van der Waals surface area contributed by atoms with Gasteiger partial charge in [-0.3, -0.25) is 0 Å². The topological polar surface area (TPSA) is 32.8 Å². The number of fused-ring (bicyclic) bond motifs is 7. The molecule has 218 valence electrons. The van der Waals surface area contributed by atoms with Crippen LogP contribution in [-0.2, 0) is 0 Å². The number of nitrogens with one attached hydrogen (secondary N) is 1. The molecule has 3 nitrogen and oxygen atoms in total. The molecule has 0 saturated carbocycles. The maximum Gasteiger partial charge on any atom is 0.296 e. The minimum atomic E-state index is 0. The number of aromatic amines is 1. The first-order valence-electron chi connectivity index (χ1n) is 15.0. The highest BCUT2D eigenvalue weighted by atomic mass is 79.9. The van der Waals surface area contributed by atoms with Gasteiger partial charge in [-0.2, -0.15) is 4.57 Å². The van der Waals surface area contributed by atoms with E-state index >= 15 is 0 Å². The summed E-state index contributed by atoms with van der Waals surface area (Å²) in [6.45, 7) is 9.11. The maximum absolute atomic E-state index is 6.82. The molecule has 1 N–H and O–H groups in total. The number of furan rings is 1. The third-order valence-electron chi connectivity index (χ3n) is 8.84. The Balaban J connectivity index is 0.00000312. The fourth-order valence-electron chi connectivity index (χ4n) is 6.76. The lowest BCUT2D eigenvalue weighted by atomic mass is 9.92.